The smallest absolute Gasteiger partial charge is 0.339 e. The third-order valence-corrected chi connectivity index (χ3v) is 2.68. The molecule has 72 valence electrons. The van der Waals surface area contributed by atoms with Gasteiger partial charge in [-0.1, -0.05) is 6.07 Å². The molecule has 0 aliphatic rings. The second-order valence-electron chi connectivity index (χ2n) is 2.72. The van der Waals surface area contributed by atoms with Gasteiger partial charge in [-0.05, 0) is 34.5 Å². The van der Waals surface area contributed by atoms with E-state index in [1.54, 1.807) is 19.1 Å². The minimum atomic E-state index is -0.438. The third kappa shape index (κ3) is 1.78. The molecule has 0 saturated carbocycles. The number of esters is 1. The van der Waals surface area contributed by atoms with E-state index in [0.717, 1.165) is 5.56 Å². The van der Waals surface area contributed by atoms with Crippen LogP contribution in [0.4, 0.5) is 0 Å². The molecule has 0 radical (unpaired) electrons. The molecule has 0 unspecified atom stereocenters. The summed E-state index contributed by atoms with van der Waals surface area (Å²) < 4.78 is 5.11. The second kappa shape index (κ2) is 4.25. The van der Waals surface area contributed by atoms with Crippen molar-refractivity contribution in [1.82, 2.24) is 0 Å². The summed E-state index contributed by atoms with van der Waals surface area (Å²) in [5.74, 6) is -0.438. The average molecular weight is 254 g/mol. The molecule has 0 spiro atoms. The van der Waals surface area contributed by atoms with Crippen molar-refractivity contribution in [2.75, 3.05) is 7.11 Å². The number of hydrogen-bond acceptors (Lipinski definition) is 3. The van der Waals surface area contributed by atoms with Gasteiger partial charge in [0.05, 0.1) is 22.7 Å². The van der Waals surface area contributed by atoms with E-state index >= 15 is 0 Å². The average Bonchev–Trinajstić information content (AvgIpc) is 2.18. The first-order chi connectivity index (χ1) is 6.61. The topological polar surface area (TPSA) is 50.1 Å². The Morgan fingerprint density at radius 3 is 2.71 bits per heavy atom. The van der Waals surface area contributed by atoms with Crippen LogP contribution < -0.4 is 0 Å². The second-order valence-corrected chi connectivity index (χ2v) is 3.52. The van der Waals surface area contributed by atoms with Crippen LogP contribution in [0.15, 0.2) is 16.6 Å². The van der Waals surface area contributed by atoms with Crippen molar-refractivity contribution in [2.45, 2.75) is 6.92 Å². The number of ether oxygens (including phenoxy) is 1. The number of hydrogen-bond donors (Lipinski definition) is 0. The van der Waals surface area contributed by atoms with E-state index in [9.17, 15) is 4.79 Å². The molecule has 1 aromatic rings. The zero-order chi connectivity index (χ0) is 10.7. The fourth-order valence-electron chi connectivity index (χ4n) is 1.11. The van der Waals surface area contributed by atoms with Gasteiger partial charge in [-0.3, -0.25) is 0 Å². The molecule has 0 atom stereocenters. The molecular weight excluding hydrogens is 246 g/mol. The maximum Gasteiger partial charge on any atom is 0.339 e. The molecule has 4 heteroatoms. The molecule has 14 heavy (non-hydrogen) atoms. The zero-order valence-corrected chi connectivity index (χ0v) is 9.38. The van der Waals surface area contributed by atoms with Gasteiger partial charge in [-0.2, -0.15) is 5.26 Å². The lowest BCUT2D eigenvalue weighted by atomic mass is 10.1. The largest absolute Gasteiger partial charge is 0.465 e. The first-order valence-corrected chi connectivity index (χ1v) is 4.68. The molecule has 1 rings (SSSR count). The van der Waals surface area contributed by atoms with Crippen LogP contribution in [-0.2, 0) is 4.74 Å². The van der Waals surface area contributed by atoms with Gasteiger partial charge in [0, 0.05) is 0 Å². The molecule has 3 nitrogen and oxygen atoms in total. The van der Waals surface area contributed by atoms with Gasteiger partial charge in [0.2, 0.25) is 0 Å². The normalized spacial score (nSPS) is 9.29. The Hall–Kier alpha value is -1.34. The van der Waals surface area contributed by atoms with Crippen LogP contribution in [-0.4, -0.2) is 13.1 Å². The van der Waals surface area contributed by atoms with Crippen LogP contribution in [0, 0.1) is 18.3 Å². The monoisotopic (exact) mass is 253 g/mol. The van der Waals surface area contributed by atoms with Crippen LogP contribution in [0.25, 0.3) is 0 Å². The fraction of sp³-hybridized carbons (Fsp3) is 0.200. The number of aryl methyl sites for hydroxylation is 1. The van der Waals surface area contributed by atoms with E-state index in [-0.39, 0.29) is 0 Å². The number of carbonyl (C=O) groups is 1. The Bertz CT molecular complexity index is 421. The SMILES string of the molecule is COC(=O)c1c(C)ccc(C#N)c1Br. The molecule has 0 N–H and O–H groups in total. The lowest BCUT2D eigenvalue weighted by Crippen LogP contribution is -2.05. The summed E-state index contributed by atoms with van der Waals surface area (Å²) in [6.07, 6.45) is 0. The minimum Gasteiger partial charge on any atom is -0.465 e. The number of nitriles is 1. The zero-order valence-electron chi connectivity index (χ0n) is 7.80. The summed E-state index contributed by atoms with van der Waals surface area (Å²) in [6.45, 7) is 1.79. The minimum absolute atomic E-state index is 0.409. The van der Waals surface area contributed by atoms with E-state index in [4.69, 9.17) is 5.26 Å². The Morgan fingerprint density at radius 1 is 1.57 bits per heavy atom. The van der Waals surface area contributed by atoms with E-state index in [1.807, 2.05) is 6.07 Å². The Balaban J connectivity index is 3.42. The summed E-state index contributed by atoms with van der Waals surface area (Å²) in [4.78, 5) is 11.4. The highest BCUT2D eigenvalue weighted by molar-refractivity contribution is 9.10. The number of carbonyl (C=O) groups excluding carboxylic acids is 1. The van der Waals surface area contributed by atoms with Crippen molar-refractivity contribution in [1.29, 1.82) is 5.26 Å². The highest BCUT2D eigenvalue weighted by Crippen LogP contribution is 2.25. The molecule has 0 fully saturated rings. The quantitative estimate of drug-likeness (QED) is 0.723. The molecule has 0 aliphatic carbocycles. The van der Waals surface area contributed by atoms with Gasteiger partial charge in [0.25, 0.3) is 0 Å². The van der Waals surface area contributed by atoms with Gasteiger partial charge >= 0.3 is 5.97 Å². The van der Waals surface area contributed by atoms with Gasteiger partial charge in [0.15, 0.2) is 0 Å². The highest BCUT2D eigenvalue weighted by Gasteiger charge is 2.16. The Morgan fingerprint density at radius 2 is 2.21 bits per heavy atom. The summed E-state index contributed by atoms with van der Waals surface area (Å²) in [6, 6.07) is 5.36. The first kappa shape index (κ1) is 10.7. The predicted molar refractivity (Wildman–Crippen MR) is 54.9 cm³/mol. The first-order valence-electron chi connectivity index (χ1n) is 3.89. The molecular formula is C10H8BrNO2. The number of halogens is 1. The van der Waals surface area contributed by atoms with Crippen LogP contribution in [0.3, 0.4) is 0 Å². The molecule has 0 aliphatic heterocycles. The number of nitrogens with zero attached hydrogens (tertiary/aromatic N) is 1. The number of methoxy groups -OCH3 is 1. The Kier molecular flexibility index (Phi) is 3.26. The lowest BCUT2D eigenvalue weighted by molar-refractivity contribution is 0.0599. The number of rotatable bonds is 1. The van der Waals surface area contributed by atoms with Crippen LogP contribution in [0.2, 0.25) is 0 Å². The molecule has 1 aromatic carbocycles. The van der Waals surface area contributed by atoms with E-state index in [2.05, 4.69) is 20.7 Å². The van der Waals surface area contributed by atoms with Gasteiger partial charge < -0.3 is 4.74 Å². The van der Waals surface area contributed by atoms with Gasteiger partial charge in [0.1, 0.15) is 6.07 Å². The maximum atomic E-state index is 11.4. The molecule has 0 aromatic heterocycles. The molecule has 0 bridgehead atoms. The summed E-state index contributed by atoms with van der Waals surface area (Å²) in [5, 5.41) is 8.76. The van der Waals surface area contributed by atoms with Crippen molar-refractivity contribution in [3.05, 3.63) is 33.3 Å². The van der Waals surface area contributed by atoms with E-state index in [0.29, 0.717) is 15.6 Å². The van der Waals surface area contributed by atoms with Gasteiger partial charge in [-0.15, -0.1) is 0 Å². The predicted octanol–water partition coefficient (Wildman–Crippen LogP) is 2.42. The van der Waals surface area contributed by atoms with Crippen LogP contribution >= 0.6 is 15.9 Å². The van der Waals surface area contributed by atoms with E-state index in [1.165, 1.54) is 7.11 Å². The summed E-state index contributed by atoms with van der Waals surface area (Å²) in [7, 11) is 1.31. The number of benzene rings is 1. The third-order valence-electron chi connectivity index (χ3n) is 1.86. The van der Waals surface area contributed by atoms with Crippen molar-refractivity contribution in [3.8, 4) is 6.07 Å². The fourth-order valence-corrected chi connectivity index (χ4v) is 1.81. The molecule has 0 heterocycles. The van der Waals surface area contributed by atoms with Gasteiger partial charge in [-0.25, -0.2) is 4.79 Å². The van der Waals surface area contributed by atoms with Crippen molar-refractivity contribution >= 4 is 21.9 Å². The Labute approximate surface area is 90.4 Å². The molecule has 0 amide bonds. The van der Waals surface area contributed by atoms with Crippen molar-refractivity contribution in [3.63, 3.8) is 0 Å². The molecule has 0 saturated heterocycles. The van der Waals surface area contributed by atoms with Crippen molar-refractivity contribution < 1.29 is 9.53 Å². The van der Waals surface area contributed by atoms with Crippen LogP contribution in [0.5, 0.6) is 0 Å². The van der Waals surface area contributed by atoms with E-state index < -0.39 is 5.97 Å². The summed E-state index contributed by atoms with van der Waals surface area (Å²) >= 11 is 3.21. The van der Waals surface area contributed by atoms with Crippen molar-refractivity contribution in [2.24, 2.45) is 0 Å². The lowest BCUT2D eigenvalue weighted by Gasteiger charge is -2.06. The highest BCUT2D eigenvalue weighted by atomic mass is 79.9. The maximum absolute atomic E-state index is 11.4. The standard InChI is InChI=1S/C10H8BrNO2/c1-6-3-4-7(5-12)9(11)8(6)10(13)14-2/h3-4H,1-2H3. The summed E-state index contributed by atoms with van der Waals surface area (Å²) in [5.41, 5.74) is 1.62. The van der Waals surface area contributed by atoms with Crippen LogP contribution in [0.1, 0.15) is 21.5 Å².